The summed E-state index contributed by atoms with van der Waals surface area (Å²) in [6.45, 7) is 6.51. The van der Waals surface area contributed by atoms with E-state index in [2.05, 4.69) is 62.2 Å². The molecule has 0 aliphatic heterocycles. The summed E-state index contributed by atoms with van der Waals surface area (Å²) in [5.74, 6) is 0. The zero-order valence-electron chi connectivity index (χ0n) is 12.0. The van der Waals surface area contributed by atoms with Crippen molar-refractivity contribution >= 4 is 22.7 Å². The maximum absolute atomic E-state index is 4.43. The molecule has 0 atom stereocenters. The third-order valence-electron chi connectivity index (χ3n) is 3.40. The Bertz CT molecular complexity index is 754. The van der Waals surface area contributed by atoms with Gasteiger partial charge in [0, 0.05) is 21.4 Å². The molecule has 2 aromatic carbocycles. The van der Waals surface area contributed by atoms with E-state index in [1.165, 1.54) is 31.9 Å². The van der Waals surface area contributed by atoms with Gasteiger partial charge < -0.3 is 0 Å². The first-order valence-corrected chi connectivity index (χ1v) is 7.55. The zero-order valence-corrected chi connectivity index (χ0v) is 12.8. The van der Waals surface area contributed by atoms with E-state index < -0.39 is 0 Å². The van der Waals surface area contributed by atoms with Gasteiger partial charge in [-0.15, -0.1) is 0 Å². The van der Waals surface area contributed by atoms with Crippen LogP contribution in [-0.2, 0) is 0 Å². The van der Waals surface area contributed by atoms with Crippen LogP contribution < -0.4 is 0 Å². The Balaban J connectivity index is 2.01. The summed E-state index contributed by atoms with van der Waals surface area (Å²) < 4.78 is 0. The van der Waals surface area contributed by atoms with Crippen molar-refractivity contribution in [3.05, 3.63) is 65.4 Å². The van der Waals surface area contributed by atoms with Crippen LogP contribution in [-0.4, -0.2) is 4.98 Å². The Hall–Kier alpha value is -1.80. The van der Waals surface area contributed by atoms with Crippen LogP contribution in [0.25, 0.3) is 10.9 Å². The fourth-order valence-corrected chi connectivity index (χ4v) is 3.54. The summed E-state index contributed by atoms with van der Waals surface area (Å²) in [6, 6.07) is 15.0. The summed E-state index contributed by atoms with van der Waals surface area (Å²) in [6.07, 6.45) is 1.85. The van der Waals surface area contributed by atoms with Crippen molar-refractivity contribution < 1.29 is 0 Å². The van der Waals surface area contributed by atoms with Crippen molar-refractivity contribution in [2.24, 2.45) is 0 Å². The molecule has 0 aliphatic rings. The Labute approximate surface area is 124 Å². The first kappa shape index (κ1) is 13.2. The van der Waals surface area contributed by atoms with Gasteiger partial charge in [-0.05, 0) is 50.1 Å². The van der Waals surface area contributed by atoms with E-state index in [1.807, 2.05) is 24.0 Å². The maximum atomic E-state index is 4.43. The number of aryl methyl sites for hydroxylation is 3. The quantitative estimate of drug-likeness (QED) is 0.630. The molecule has 0 aliphatic carbocycles. The molecule has 0 saturated heterocycles. The van der Waals surface area contributed by atoms with E-state index in [1.54, 1.807) is 0 Å². The summed E-state index contributed by atoms with van der Waals surface area (Å²) in [4.78, 5) is 7.02. The van der Waals surface area contributed by atoms with E-state index in [4.69, 9.17) is 0 Å². The van der Waals surface area contributed by atoms with Crippen molar-refractivity contribution in [2.45, 2.75) is 30.6 Å². The molecule has 0 spiro atoms. The van der Waals surface area contributed by atoms with Crippen LogP contribution in [0.5, 0.6) is 0 Å². The zero-order chi connectivity index (χ0) is 14.1. The Kier molecular flexibility index (Phi) is 3.49. The largest absolute Gasteiger partial charge is 0.256 e. The first-order chi connectivity index (χ1) is 9.63. The molecule has 0 N–H and O–H groups in total. The highest BCUT2D eigenvalue weighted by Gasteiger charge is 2.06. The second-order valence-corrected chi connectivity index (χ2v) is 6.27. The second-order valence-electron chi connectivity index (χ2n) is 5.19. The third-order valence-corrected chi connectivity index (χ3v) is 4.74. The minimum atomic E-state index is 1.06. The molecule has 0 saturated carbocycles. The molecule has 1 nitrogen and oxygen atoms in total. The van der Waals surface area contributed by atoms with Gasteiger partial charge in [-0.3, -0.25) is 4.98 Å². The summed E-state index contributed by atoms with van der Waals surface area (Å²) in [7, 11) is 0. The predicted molar refractivity (Wildman–Crippen MR) is 86.5 cm³/mol. The van der Waals surface area contributed by atoms with E-state index >= 15 is 0 Å². The van der Waals surface area contributed by atoms with Crippen molar-refractivity contribution in [1.29, 1.82) is 0 Å². The fourth-order valence-electron chi connectivity index (χ4n) is 2.56. The van der Waals surface area contributed by atoms with Gasteiger partial charge in [0.25, 0.3) is 0 Å². The average molecular weight is 279 g/mol. The molecular weight excluding hydrogens is 262 g/mol. The lowest BCUT2D eigenvalue weighted by molar-refractivity contribution is 1.19. The van der Waals surface area contributed by atoms with E-state index in [0.29, 0.717) is 0 Å². The molecule has 20 heavy (non-hydrogen) atoms. The van der Waals surface area contributed by atoms with E-state index in [9.17, 15) is 0 Å². The first-order valence-electron chi connectivity index (χ1n) is 6.74. The van der Waals surface area contributed by atoms with Crippen molar-refractivity contribution in [2.75, 3.05) is 0 Å². The van der Waals surface area contributed by atoms with Crippen LogP contribution in [0.4, 0.5) is 0 Å². The third kappa shape index (κ3) is 2.56. The van der Waals surface area contributed by atoms with Crippen LogP contribution in [0.3, 0.4) is 0 Å². The molecule has 0 radical (unpaired) electrons. The van der Waals surface area contributed by atoms with Crippen LogP contribution in [0, 0.1) is 20.8 Å². The molecule has 1 heterocycles. The minimum absolute atomic E-state index is 1.06. The Morgan fingerprint density at radius 3 is 2.40 bits per heavy atom. The van der Waals surface area contributed by atoms with Gasteiger partial charge in [-0.1, -0.05) is 41.6 Å². The number of aromatic nitrogens is 1. The lowest BCUT2D eigenvalue weighted by Gasteiger charge is -2.11. The van der Waals surface area contributed by atoms with Crippen molar-refractivity contribution in [3.8, 4) is 0 Å². The highest BCUT2D eigenvalue weighted by atomic mass is 32.2. The Morgan fingerprint density at radius 1 is 0.900 bits per heavy atom. The minimum Gasteiger partial charge on any atom is -0.256 e. The van der Waals surface area contributed by atoms with Gasteiger partial charge in [0.1, 0.15) is 0 Å². The highest BCUT2D eigenvalue weighted by Crippen LogP contribution is 2.34. The second kappa shape index (κ2) is 5.29. The molecule has 2 heteroatoms. The van der Waals surface area contributed by atoms with Crippen LogP contribution in [0.1, 0.15) is 16.7 Å². The monoisotopic (exact) mass is 279 g/mol. The van der Waals surface area contributed by atoms with Gasteiger partial charge in [0.2, 0.25) is 0 Å². The number of hydrogen-bond acceptors (Lipinski definition) is 2. The standard InChI is InChI=1S/C18H17NS/c1-12-9-13(2)18(14(3)10-12)20-16-7-6-15-5-4-8-19-17(15)11-16/h4-11H,1-3H3. The van der Waals surface area contributed by atoms with Crippen LogP contribution in [0.15, 0.2) is 58.5 Å². The van der Waals surface area contributed by atoms with Crippen molar-refractivity contribution in [1.82, 2.24) is 4.98 Å². The lowest BCUT2D eigenvalue weighted by Crippen LogP contribution is -1.88. The smallest absolute Gasteiger partial charge is 0.0713 e. The number of benzene rings is 2. The number of fused-ring (bicyclic) bond motifs is 1. The van der Waals surface area contributed by atoms with Gasteiger partial charge in [-0.2, -0.15) is 0 Å². The fraction of sp³-hybridized carbons (Fsp3) is 0.167. The number of nitrogens with zero attached hydrogens (tertiary/aromatic N) is 1. The summed E-state index contributed by atoms with van der Waals surface area (Å²) >= 11 is 1.82. The molecule has 3 aromatic rings. The molecular formula is C18H17NS. The van der Waals surface area contributed by atoms with Gasteiger partial charge >= 0.3 is 0 Å². The van der Waals surface area contributed by atoms with Gasteiger partial charge in [0.15, 0.2) is 0 Å². The number of rotatable bonds is 2. The summed E-state index contributed by atoms with van der Waals surface area (Å²) in [5, 5.41) is 1.19. The van der Waals surface area contributed by atoms with Gasteiger partial charge in [0.05, 0.1) is 5.52 Å². The molecule has 1 aromatic heterocycles. The average Bonchev–Trinajstić information content (AvgIpc) is 2.42. The van der Waals surface area contributed by atoms with Crippen molar-refractivity contribution in [3.63, 3.8) is 0 Å². The molecule has 100 valence electrons. The maximum Gasteiger partial charge on any atom is 0.0713 e. The van der Waals surface area contributed by atoms with E-state index in [0.717, 1.165) is 5.52 Å². The Morgan fingerprint density at radius 2 is 1.65 bits per heavy atom. The molecule has 0 unspecified atom stereocenters. The molecule has 0 amide bonds. The topological polar surface area (TPSA) is 12.9 Å². The normalized spacial score (nSPS) is 10.9. The SMILES string of the molecule is Cc1cc(C)c(Sc2ccc3cccnc3c2)c(C)c1. The molecule has 3 rings (SSSR count). The number of pyridine rings is 1. The van der Waals surface area contributed by atoms with Crippen LogP contribution in [0.2, 0.25) is 0 Å². The highest BCUT2D eigenvalue weighted by molar-refractivity contribution is 7.99. The molecule has 0 fully saturated rings. The van der Waals surface area contributed by atoms with Gasteiger partial charge in [-0.25, -0.2) is 0 Å². The van der Waals surface area contributed by atoms with Crippen LogP contribution >= 0.6 is 11.8 Å². The predicted octanol–water partition coefficient (Wildman–Crippen LogP) is 5.31. The van der Waals surface area contributed by atoms with E-state index in [-0.39, 0.29) is 0 Å². The lowest BCUT2D eigenvalue weighted by atomic mass is 10.1. The number of hydrogen-bond donors (Lipinski definition) is 0. The molecule has 0 bridgehead atoms. The summed E-state index contributed by atoms with van der Waals surface area (Å²) in [5.41, 5.74) is 5.06.